The number of methoxy groups -OCH3 is 1. The van der Waals surface area contributed by atoms with Crippen molar-refractivity contribution in [3.8, 4) is 17.6 Å². The Labute approximate surface area is 281 Å². The average molecular weight is 681 g/mol. The number of nitrogens with one attached hydrogen (secondary N) is 3. The molecule has 3 heterocycles. The number of ether oxygens (including phenoxy) is 2. The summed E-state index contributed by atoms with van der Waals surface area (Å²) in [5, 5.41) is 10.4. The summed E-state index contributed by atoms with van der Waals surface area (Å²) in [4.78, 5) is 28.9. The highest BCUT2D eigenvalue weighted by molar-refractivity contribution is 7.70. The number of halogens is 1. The maximum Gasteiger partial charge on any atom is 0.300 e. The highest BCUT2D eigenvalue weighted by Gasteiger charge is 2.21. The molecule has 5 rings (SSSR count). The minimum atomic E-state index is -2.58. The fraction of sp³-hybridized carbons (Fsp3) is 0.424. The SMILES string of the molecule is COc1cc(N2CCOCC2)c(NC(=O)C#CCCN2CCN(C)CC2)cc1Nc1ncc(Cl)c(Nc2ccccc2P(C)(C)=O)n1. The van der Waals surface area contributed by atoms with Crippen LogP contribution in [0.3, 0.4) is 0 Å². The number of hydrogen-bond acceptors (Lipinski definition) is 11. The molecule has 250 valence electrons. The highest BCUT2D eigenvalue weighted by Crippen LogP contribution is 2.40. The van der Waals surface area contributed by atoms with Crippen molar-refractivity contribution in [3.63, 3.8) is 0 Å². The molecule has 0 bridgehead atoms. The van der Waals surface area contributed by atoms with Crippen molar-refractivity contribution in [2.75, 3.05) is 107 Å². The van der Waals surface area contributed by atoms with Gasteiger partial charge in [0.2, 0.25) is 5.95 Å². The van der Waals surface area contributed by atoms with Gasteiger partial charge in [-0.15, -0.1) is 0 Å². The molecule has 0 radical (unpaired) electrons. The molecule has 2 aromatic carbocycles. The zero-order chi connectivity index (χ0) is 33.4. The quantitative estimate of drug-likeness (QED) is 0.210. The summed E-state index contributed by atoms with van der Waals surface area (Å²) in [7, 11) is 1.13. The van der Waals surface area contributed by atoms with Gasteiger partial charge >= 0.3 is 0 Å². The van der Waals surface area contributed by atoms with Gasteiger partial charge in [0.25, 0.3) is 5.91 Å². The molecule has 1 aromatic heterocycles. The third-order valence-corrected chi connectivity index (χ3v) is 9.82. The molecule has 2 aliphatic heterocycles. The van der Waals surface area contributed by atoms with Crippen molar-refractivity contribution in [3.05, 3.63) is 47.6 Å². The smallest absolute Gasteiger partial charge is 0.300 e. The summed E-state index contributed by atoms with van der Waals surface area (Å²) in [5.41, 5.74) is 2.54. The van der Waals surface area contributed by atoms with Crippen LogP contribution in [0.5, 0.6) is 5.75 Å². The Morgan fingerprint density at radius 2 is 1.79 bits per heavy atom. The van der Waals surface area contributed by atoms with E-state index in [-0.39, 0.29) is 5.95 Å². The molecular formula is C33H42ClN8O4P. The largest absolute Gasteiger partial charge is 0.494 e. The Morgan fingerprint density at radius 3 is 2.51 bits per heavy atom. The molecule has 0 spiro atoms. The zero-order valence-electron chi connectivity index (χ0n) is 27.3. The lowest BCUT2D eigenvalue weighted by Crippen LogP contribution is -2.44. The lowest BCUT2D eigenvalue weighted by Gasteiger charge is -2.31. The number of aromatic nitrogens is 2. The van der Waals surface area contributed by atoms with E-state index in [9.17, 15) is 9.36 Å². The second-order valence-electron chi connectivity index (χ2n) is 11.8. The number of hydrogen-bond donors (Lipinski definition) is 3. The van der Waals surface area contributed by atoms with Gasteiger partial charge < -0.3 is 39.8 Å². The van der Waals surface area contributed by atoms with Crippen LogP contribution in [0.4, 0.5) is 34.5 Å². The van der Waals surface area contributed by atoms with Gasteiger partial charge in [0, 0.05) is 63.6 Å². The fourth-order valence-corrected chi connectivity index (χ4v) is 6.69. The van der Waals surface area contributed by atoms with Crippen molar-refractivity contribution in [1.29, 1.82) is 0 Å². The van der Waals surface area contributed by atoms with Gasteiger partial charge in [-0.2, -0.15) is 4.98 Å². The molecule has 47 heavy (non-hydrogen) atoms. The van der Waals surface area contributed by atoms with Crippen molar-refractivity contribution < 1.29 is 18.8 Å². The van der Waals surface area contributed by atoms with E-state index < -0.39 is 13.0 Å². The zero-order valence-corrected chi connectivity index (χ0v) is 29.0. The van der Waals surface area contributed by atoms with Crippen LogP contribution in [-0.4, -0.2) is 112 Å². The Morgan fingerprint density at radius 1 is 1.04 bits per heavy atom. The second-order valence-corrected chi connectivity index (χ2v) is 15.4. The first kappa shape index (κ1) is 34.5. The lowest BCUT2D eigenvalue weighted by atomic mass is 10.1. The normalized spacial score (nSPS) is 15.8. The summed E-state index contributed by atoms with van der Waals surface area (Å²) < 4.78 is 24.2. The molecule has 0 atom stereocenters. The van der Waals surface area contributed by atoms with Gasteiger partial charge in [0.15, 0.2) is 5.82 Å². The minimum Gasteiger partial charge on any atom is -0.494 e. The number of piperazine rings is 1. The van der Waals surface area contributed by atoms with Crippen LogP contribution in [0.25, 0.3) is 0 Å². The number of amides is 1. The third kappa shape index (κ3) is 9.37. The summed E-state index contributed by atoms with van der Waals surface area (Å²) in [6, 6.07) is 11.0. The predicted octanol–water partition coefficient (Wildman–Crippen LogP) is 4.29. The van der Waals surface area contributed by atoms with Crippen molar-refractivity contribution in [2.24, 2.45) is 0 Å². The van der Waals surface area contributed by atoms with Crippen molar-refractivity contribution in [2.45, 2.75) is 6.42 Å². The summed E-state index contributed by atoms with van der Waals surface area (Å²) in [5.74, 6) is 6.51. The second kappa shape index (κ2) is 15.8. The predicted molar refractivity (Wildman–Crippen MR) is 190 cm³/mol. The summed E-state index contributed by atoms with van der Waals surface area (Å²) in [6.45, 7) is 10.8. The van der Waals surface area contributed by atoms with Crippen LogP contribution in [0.1, 0.15) is 6.42 Å². The summed E-state index contributed by atoms with van der Waals surface area (Å²) >= 11 is 6.48. The first-order chi connectivity index (χ1) is 22.6. The van der Waals surface area contributed by atoms with Crippen LogP contribution < -0.4 is 30.9 Å². The number of benzene rings is 2. The van der Waals surface area contributed by atoms with Gasteiger partial charge in [0.1, 0.15) is 17.9 Å². The molecule has 0 aliphatic carbocycles. The molecule has 3 aromatic rings. The van der Waals surface area contributed by atoms with E-state index in [2.05, 4.69) is 59.5 Å². The molecule has 14 heteroatoms. The van der Waals surface area contributed by atoms with Gasteiger partial charge in [0.05, 0.1) is 49.3 Å². The van der Waals surface area contributed by atoms with Crippen LogP contribution >= 0.6 is 18.7 Å². The number of morpholine rings is 1. The number of para-hydroxylation sites is 1. The number of rotatable bonds is 10. The molecule has 2 fully saturated rings. The Bertz CT molecular complexity index is 1680. The van der Waals surface area contributed by atoms with E-state index in [0.29, 0.717) is 71.7 Å². The molecule has 0 saturated carbocycles. The highest BCUT2D eigenvalue weighted by atomic mass is 35.5. The Kier molecular flexibility index (Phi) is 11.6. The van der Waals surface area contributed by atoms with E-state index in [1.807, 2.05) is 30.3 Å². The molecule has 12 nitrogen and oxygen atoms in total. The number of carbonyl (C=O) groups is 1. The molecular weight excluding hydrogens is 639 g/mol. The van der Waals surface area contributed by atoms with Gasteiger partial charge in [-0.25, -0.2) is 4.98 Å². The van der Waals surface area contributed by atoms with Gasteiger partial charge in [-0.1, -0.05) is 29.7 Å². The van der Waals surface area contributed by atoms with E-state index in [0.717, 1.165) is 38.4 Å². The number of likely N-dealkylation sites (N-methyl/N-ethyl adjacent to an activating group) is 1. The van der Waals surface area contributed by atoms with Gasteiger partial charge in [-0.3, -0.25) is 9.69 Å². The third-order valence-electron chi connectivity index (χ3n) is 8.00. The number of nitrogens with zero attached hydrogens (tertiary/aromatic N) is 5. The maximum atomic E-state index is 13.1. The molecule has 2 saturated heterocycles. The lowest BCUT2D eigenvalue weighted by molar-refractivity contribution is -0.111. The van der Waals surface area contributed by atoms with Crippen molar-refractivity contribution >= 4 is 64.5 Å². The number of anilines is 6. The Hall–Kier alpha value is -3.85. The van der Waals surface area contributed by atoms with Gasteiger partial charge in [-0.05, 0) is 44.5 Å². The first-order valence-electron chi connectivity index (χ1n) is 15.6. The standard InChI is InChI=1S/C33H42ClN8O4P/c1-40-13-15-41(16-14-40)12-8-7-11-31(43)36-26-21-27(29(45-2)22-28(26)42-17-19-46-20-18-42)38-33-35-23-24(34)32(39-33)37-25-9-5-6-10-30(25)47(3,4)44/h5-6,9-10,21-23H,8,12-20H2,1-4H3,(H,36,43)(H2,35,37,38,39). The van der Waals surface area contributed by atoms with E-state index in [4.69, 9.17) is 21.1 Å². The average Bonchev–Trinajstić information content (AvgIpc) is 3.06. The van der Waals surface area contributed by atoms with Crippen LogP contribution in [0.2, 0.25) is 5.02 Å². The summed E-state index contributed by atoms with van der Waals surface area (Å²) in [6.07, 6.45) is 2.10. The Balaban J connectivity index is 1.37. The van der Waals surface area contributed by atoms with E-state index >= 15 is 0 Å². The molecule has 3 N–H and O–H groups in total. The fourth-order valence-electron chi connectivity index (χ4n) is 5.40. The maximum absolute atomic E-state index is 13.1. The van der Waals surface area contributed by atoms with Crippen LogP contribution in [0, 0.1) is 11.8 Å². The topological polar surface area (TPSA) is 124 Å². The van der Waals surface area contributed by atoms with Crippen molar-refractivity contribution in [1.82, 2.24) is 19.8 Å². The van der Waals surface area contributed by atoms with E-state index in [1.165, 1.54) is 6.20 Å². The van der Waals surface area contributed by atoms with E-state index in [1.54, 1.807) is 26.5 Å². The monoisotopic (exact) mass is 680 g/mol. The first-order valence-corrected chi connectivity index (χ1v) is 18.6. The van der Waals surface area contributed by atoms with Crippen LogP contribution in [-0.2, 0) is 14.1 Å². The molecule has 2 aliphatic rings. The van der Waals surface area contributed by atoms with Crippen LogP contribution in [0.15, 0.2) is 42.6 Å². The molecule has 1 amide bonds. The molecule has 0 unspecified atom stereocenters. The number of carbonyl (C=O) groups excluding carboxylic acids is 1. The minimum absolute atomic E-state index is 0.240.